The van der Waals surface area contributed by atoms with Gasteiger partial charge in [-0.2, -0.15) is 0 Å². The molecule has 0 bridgehead atoms. The standard InChI is InChI=1S/C22H19BrFNO2/c23-21-12-19(24)10-11-20(21)22(26)25-13-16-6-8-18(9-7-16)15-27-14-17-4-2-1-3-5-17/h1-12H,13-15H2,(H,25,26). The van der Waals surface area contributed by atoms with E-state index in [4.69, 9.17) is 4.74 Å². The van der Waals surface area contributed by atoms with Gasteiger partial charge in [0.2, 0.25) is 0 Å². The Morgan fingerprint density at radius 2 is 1.52 bits per heavy atom. The average Bonchev–Trinajstić information content (AvgIpc) is 2.68. The predicted octanol–water partition coefficient (Wildman–Crippen LogP) is 5.24. The van der Waals surface area contributed by atoms with Gasteiger partial charge in [-0.25, -0.2) is 4.39 Å². The molecule has 27 heavy (non-hydrogen) atoms. The Morgan fingerprint density at radius 1 is 0.889 bits per heavy atom. The first kappa shape index (κ1) is 19.3. The van der Waals surface area contributed by atoms with Gasteiger partial charge in [-0.05, 0) is 50.8 Å². The third-order valence-electron chi connectivity index (χ3n) is 4.03. The molecule has 3 rings (SSSR count). The van der Waals surface area contributed by atoms with Gasteiger partial charge in [0.1, 0.15) is 5.82 Å². The first-order valence-electron chi connectivity index (χ1n) is 8.54. The van der Waals surface area contributed by atoms with E-state index < -0.39 is 0 Å². The number of benzene rings is 3. The number of rotatable bonds is 7. The second kappa shape index (κ2) is 9.44. The fraction of sp³-hybridized carbons (Fsp3) is 0.136. The molecule has 0 spiro atoms. The Morgan fingerprint density at radius 3 is 2.19 bits per heavy atom. The summed E-state index contributed by atoms with van der Waals surface area (Å²) in [5.74, 6) is -0.638. The van der Waals surface area contributed by atoms with E-state index in [1.807, 2.05) is 54.6 Å². The Hall–Kier alpha value is -2.50. The van der Waals surface area contributed by atoms with Crippen molar-refractivity contribution in [1.29, 1.82) is 0 Å². The molecule has 1 N–H and O–H groups in total. The number of carbonyl (C=O) groups excluding carboxylic acids is 1. The minimum Gasteiger partial charge on any atom is -0.372 e. The van der Waals surface area contributed by atoms with Crippen molar-refractivity contribution in [3.63, 3.8) is 0 Å². The van der Waals surface area contributed by atoms with Crippen molar-refractivity contribution in [1.82, 2.24) is 5.32 Å². The summed E-state index contributed by atoms with van der Waals surface area (Å²) >= 11 is 3.21. The summed E-state index contributed by atoms with van der Waals surface area (Å²) < 4.78 is 19.3. The van der Waals surface area contributed by atoms with Gasteiger partial charge in [-0.15, -0.1) is 0 Å². The van der Waals surface area contributed by atoms with Crippen molar-refractivity contribution < 1.29 is 13.9 Å². The summed E-state index contributed by atoms with van der Waals surface area (Å²) in [6, 6.07) is 21.9. The smallest absolute Gasteiger partial charge is 0.252 e. The van der Waals surface area contributed by atoms with E-state index in [1.54, 1.807) is 0 Å². The number of nitrogens with one attached hydrogen (secondary N) is 1. The molecule has 0 heterocycles. The van der Waals surface area contributed by atoms with Crippen LogP contribution in [-0.4, -0.2) is 5.91 Å². The van der Waals surface area contributed by atoms with Crippen molar-refractivity contribution in [2.45, 2.75) is 19.8 Å². The first-order chi connectivity index (χ1) is 13.1. The van der Waals surface area contributed by atoms with E-state index in [1.165, 1.54) is 18.2 Å². The molecule has 138 valence electrons. The van der Waals surface area contributed by atoms with Crippen LogP contribution in [0.15, 0.2) is 77.3 Å². The Kier molecular flexibility index (Phi) is 6.74. The van der Waals surface area contributed by atoms with Crippen molar-refractivity contribution in [3.8, 4) is 0 Å². The van der Waals surface area contributed by atoms with Crippen molar-refractivity contribution in [2.24, 2.45) is 0 Å². The molecule has 0 saturated carbocycles. The van der Waals surface area contributed by atoms with Crippen molar-refractivity contribution in [3.05, 3.63) is 105 Å². The van der Waals surface area contributed by atoms with Crippen LogP contribution in [0.3, 0.4) is 0 Å². The average molecular weight is 428 g/mol. The zero-order valence-electron chi connectivity index (χ0n) is 14.6. The monoisotopic (exact) mass is 427 g/mol. The van der Waals surface area contributed by atoms with Crippen LogP contribution in [0.1, 0.15) is 27.0 Å². The van der Waals surface area contributed by atoms with Gasteiger partial charge in [0.05, 0.1) is 18.8 Å². The lowest BCUT2D eigenvalue weighted by Crippen LogP contribution is -2.23. The molecule has 3 nitrogen and oxygen atoms in total. The van der Waals surface area contributed by atoms with Crippen LogP contribution in [-0.2, 0) is 24.5 Å². The number of hydrogen-bond donors (Lipinski definition) is 1. The van der Waals surface area contributed by atoms with E-state index in [9.17, 15) is 9.18 Å². The summed E-state index contributed by atoms with van der Waals surface area (Å²) in [7, 11) is 0. The molecular formula is C22H19BrFNO2. The molecule has 0 unspecified atom stereocenters. The topological polar surface area (TPSA) is 38.3 Å². The molecule has 1 amide bonds. The van der Waals surface area contributed by atoms with Crippen LogP contribution in [0.25, 0.3) is 0 Å². The molecule has 5 heteroatoms. The van der Waals surface area contributed by atoms with Gasteiger partial charge < -0.3 is 10.1 Å². The SMILES string of the molecule is O=C(NCc1ccc(COCc2ccccc2)cc1)c1ccc(F)cc1Br. The molecule has 0 saturated heterocycles. The maximum Gasteiger partial charge on any atom is 0.252 e. The first-order valence-corrected chi connectivity index (χ1v) is 9.34. The van der Waals surface area contributed by atoms with Gasteiger partial charge in [-0.1, -0.05) is 54.6 Å². The largest absolute Gasteiger partial charge is 0.372 e. The second-order valence-corrected chi connectivity index (χ2v) is 6.96. The molecular weight excluding hydrogens is 409 g/mol. The lowest BCUT2D eigenvalue weighted by molar-refractivity contribution is 0.0950. The highest BCUT2D eigenvalue weighted by molar-refractivity contribution is 9.10. The molecule has 0 aliphatic rings. The Balaban J connectivity index is 1.48. The van der Waals surface area contributed by atoms with E-state index in [0.29, 0.717) is 29.8 Å². The van der Waals surface area contributed by atoms with Crippen LogP contribution in [0.2, 0.25) is 0 Å². The fourth-order valence-corrected chi connectivity index (χ4v) is 3.10. The zero-order valence-corrected chi connectivity index (χ0v) is 16.2. The summed E-state index contributed by atoms with van der Waals surface area (Å²) in [5.41, 5.74) is 3.60. The van der Waals surface area contributed by atoms with Crippen LogP contribution in [0.4, 0.5) is 4.39 Å². The molecule has 3 aromatic rings. The number of carbonyl (C=O) groups is 1. The van der Waals surface area contributed by atoms with Crippen LogP contribution in [0, 0.1) is 5.82 Å². The minimum atomic E-state index is -0.386. The highest BCUT2D eigenvalue weighted by Crippen LogP contribution is 2.18. The van der Waals surface area contributed by atoms with Crippen molar-refractivity contribution >= 4 is 21.8 Å². The normalized spacial score (nSPS) is 10.6. The van der Waals surface area contributed by atoms with Gasteiger partial charge >= 0.3 is 0 Å². The molecule has 0 radical (unpaired) electrons. The van der Waals surface area contributed by atoms with Crippen LogP contribution >= 0.6 is 15.9 Å². The van der Waals surface area contributed by atoms with Gasteiger partial charge in [0.25, 0.3) is 5.91 Å². The van der Waals surface area contributed by atoms with E-state index >= 15 is 0 Å². The lowest BCUT2D eigenvalue weighted by atomic mass is 10.1. The van der Waals surface area contributed by atoms with Crippen LogP contribution in [0.5, 0.6) is 0 Å². The quantitative estimate of drug-likeness (QED) is 0.560. The summed E-state index contributed by atoms with van der Waals surface area (Å²) in [5, 5.41) is 2.84. The molecule has 0 aliphatic heterocycles. The predicted molar refractivity (Wildman–Crippen MR) is 107 cm³/mol. The van der Waals surface area contributed by atoms with Gasteiger partial charge in [-0.3, -0.25) is 4.79 Å². The Labute approximate surface area is 166 Å². The summed E-state index contributed by atoms with van der Waals surface area (Å²) in [6.07, 6.45) is 0. The second-order valence-electron chi connectivity index (χ2n) is 6.10. The molecule has 0 aliphatic carbocycles. The maximum atomic E-state index is 13.1. The summed E-state index contributed by atoms with van der Waals surface area (Å²) in [6.45, 7) is 1.50. The Bertz CT molecular complexity index is 898. The minimum absolute atomic E-state index is 0.253. The third-order valence-corrected chi connectivity index (χ3v) is 4.69. The van der Waals surface area contributed by atoms with Gasteiger partial charge in [0.15, 0.2) is 0 Å². The third kappa shape index (κ3) is 5.74. The number of hydrogen-bond acceptors (Lipinski definition) is 2. The number of halogens is 2. The van der Waals surface area contributed by atoms with E-state index in [-0.39, 0.29) is 11.7 Å². The van der Waals surface area contributed by atoms with E-state index in [2.05, 4.69) is 21.2 Å². The highest BCUT2D eigenvalue weighted by atomic mass is 79.9. The number of amides is 1. The van der Waals surface area contributed by atoms with Crippen LogP contribution < -0.4 is 5.32 Å². The number of ether oxygens (including phenoxy) is 1. The highest BCUT2D eigenvalue weighted by Gasteiger charge is 2.10. The molecule has 3 aromatic carbocycles. The fourth-order valence-electron chi connectivity index (χ4n) is 2.57. The van der Waals surface area contributed by atoms with Gasteiger partial charge in [0, 0.05) is 11.0 Å². The molecule has 0 atom stereocenters. The zero-order chi connectivity index (χ0) is 19.1. The van der Waals surface area contributed by atoms with E-state index in [0.717, 1.165) is 16.7 Å². The summed E-state index contributed by atoms with van der Waals surface area (Å²) in [4.78, 5) is 12.2. The molecule has 0 fully saturated rings. The maximum absolute atomic E-state index is 13.1. The lowest BCUT2D eigenvalue weighted by Gasteiger charge is -2.09. The van der Waals surface area contributed by atoms with Crippen molar-refractivity contribution in [2.75, 3.05) is 0 Å². The molecule has 0 aromatic heterocycles.